The molecule has 0 bridgehead atoms. The van der Waals surface area contributed by atoms with Crippen molar-refractivity contribution in [2.75, 3.05) is 10.6 Å². The molecule has 2 aromatic heterocycles. The van der Waals surface area contributed by atoms with Gasteiger partial charge in [0.1, 0.15) is 0 Å². The third kappa shape index (κ3) is 2.54. The first-order valence-electron chi connectivity index (χ1n) is 8.69. The van der Waals surface area contributed by atoms with Gasteiger partial charge in [-0.2, -0.15) is 0 Å². The molecule has 6 N–H and O–H groups in total. The lowest BCUT2D eigenvalue weighted by Gasteiger charge is -2.24. The Bertz CT molecular complexity index is 1470. The van der Waals surface area contributed by atoms with Crippen LogP contribution >= 0.6 is 23.5 Å². The van der Waals surface area contributed by atoms with Gasteiger partial charge in [0, 0.05) is 9.79 Å². The van der Waals surface area contributed by atoms with E-state index >= 15 is 0 Å². The number of hydrogen-bond acceptors (Lipinski definition) is 6. The molecular formula is C18H10N6O4S2. The average Bonchev–Trinajstić information content (AvgIpc) is 3.23. The topological polar surface area (TPSA) is 155 Å². The van der Waals surface area contributed by atoms with Crippen LogP contribution in [-0.4, -0.2) is 31.8 Å². The van der Waals surface area contributed by atoms with Crippen molar-refractivity contribution < 1.29 is 9.59 Å². The highest BCUT2D eigenvalue weighted by atomic mass is 32.2. The van der Waals surface area contributed by atoms with Crippen molar-refractivity contribution in [3.63, 3.8) is 0 Å². The maximum Gasteiger partial charge on any atom is 0.323 e. The minimum absolute atomic E-state index is 0.260. The molecule has 2 aliphatic heterocycles. The van der Waals surface area contributed by atoms with Gasteiger partial charge in [0.2, 0.25) is 0 Å². The van der Waals surface area contributed by atoms with Crippen LogP contribution in [0.4, 0.5) is 11.4 Å². The quantitative estimate of drug-likeness (QED) is 0.231. The maximum atomic E-state index is 12.8. The molecule has 12 heteroatoms. The maximum absolute atomic E-state index is 12.8. The number of aromatic nitrogens is 4. The molecule has 0 fully saturated rings. The van der Waals surface area contributed by atoms with Crippen LogP contribution in [0.3, 0.4) is 0 Å². The van der Waals surface area contributed by atoms with E-state index in [4.69, 9.17) is 0 Å². The van der Waals surface area contributed by atoms with E-state index in [2.05, 4.69) is 30.6 Å². The van der Waals surface area contributed by atoms with E-state index in [0.29, 0.717) is 43.2 Å². The van der Waals surface area contributed by atoms with E-state index in [1.807, 2.05) is 0 Å². The molecule has 148 valence electrons. The normalized spacial score (nSPS) is 18.3. The van der Waals surface area contributed by atoms with E-state index < -0.39 is 11.8 Å². The van der Waals surface area contributed by atoms with Crippen LogP contribution in [0, 0.1) is 0 Å². The molecule has 0 saturated heterocycles. The Morgan fingerprint density at radius 2 is 0.900 bits per heavy atom. The SMILES string of the molecule is O=C1Nc2cc3[nH]c(=O)[nH]c3cc2S/C1=C1/Sc2cc3[nH]c(=O)[nH]c3cc2NC1=O. The molecule has 6 rings (SSSR count). The fourth-order valence-electron chi connectivity index (χ4n) is 3.46. The number of anilines is 2. The van der Waals surface area contributed by atoms with E-state index in [-0.39, 0.29) is 21.2 Å². The lowest BCUT2D eigenvalue weighted by atomic mass is 10.2. The molecular weight excluding hydrogens is 428 g/mol. The van der Waals surface area contributed by atoms with Crippen LogP contribution in [-0.2, 0) is 9.59 Å². The molecule has 2 aromatic carbocycles. The summed E-state index contributed by atoms with van der Waals surface area (Å²) in [5.74, 6) is -0.802. The highest BCUT2D eigenvalue weighted by Gasteiger charge is 2.32. The standard InChI is InChI=1S/C18H10N6O4S2/c25-15-13(29-11-3-7-5(1-9(11)19-15)21-17(27)23-7)14-16(26)20-10-2-6-8(4-12(10)30-14)24-18(28)22-6/h1-4H,(H,19,25)(H,20,26)(H2,21,23,27)(H2,22,24,28)/b14-13+. The fraction of sp³-hybridized carbons (Fsp3) is 0. The van der Waals surface area contributed by atoms with Gasteiger partial charge in [0.25, 0.3) is 11.8 Å². The number of aromatic amines is 4. The van der Waals surface area contributed by atoms with Crippen molar-refractivity contribution in [2.24, 2.45) is 0 Å². The lowest BCUT2D eigenvalue weighted by Crippen LogP contribution is -2.24. The second kappa shape index (κ2) is 5.93. The van der Waals surface area contributed by atoms with Crippen molar-refractivity contribution in [3.8, 4) is 0 Å². The van der Waals surface area contributed by atoms with Crippen molar-refractivity contribution in [3.05, 3.63) is 55.0 Å². The summed E-state index contributed by atoms with van der Waals surface area (Å²) in [6.07, 6.45) is 0. The predicted molar refractivity (Wildman–Crippen MR) is 114 cm³/mol. The minimum Gasteiger partial charge on any atom is -0.320 e. The molecule has 0 spiro atoms. The van der Waals surface area contributed by atoms with Crippen LogP contribution in [0.5, 0.6) is 0 Å². The molecule has 4 heterocycles. The Labute approximate surface area is 173 Å². The Balaban J connectivity index is 1.46. The Morgan fingerprint density at radius 1 is 0.533 bits per heavy atom. The summed E-state index contributed by atoms with van der Waals surface area (Å²) in [6, 6.07) is 6.86. The second-order valence-electron chi connectivity index (χ2n) is 6.72. The summed E-state index contributed by atoms with van der Waals surface area (Å²) in [7, 11) is 0. The summed E-state index contributed by atoms with van der Waals surface area (Å²) in [6.45, 7) is 0. The Morgan fingerprint density at radius 3 is 1.30 bits per heavy atom. The molecule has 0 radical (unpaired) electrons. The number of rotatable bonds is 0. The van der Waals surface area contributed by atoms with Crippen molar-refractivity contribution in [1.82, 2.24) is 19.9 Å². The molecule has 0 aliphatic carbocycles. The van der Waals surface area contributed by atoms with Gasteiger partial charge in [-0.05, 0) is 24.3 Å². The smallest absolute Gasteiger partial charge is 0.320 e. The van der Waals surface area contributed by atoms with Crippen LogP contribution in [0.2, 0.25) is 0 Å². The number of H-pyrrole nitrogens is 4. The van der Waals surface area contributed by atoms with Gasteiger partial charge in [-0.1, -0.05) is 23.5 Å². The van der Waals surface area contributed by atoms with Gasteiger partial charge in [0.05, 0.1) is 43.3 Å². The number of fused-ring (bicyclic) bond motifs is 4. The second-order valence-corrected chi connectivity index (χ2v) is 8.82. The van der Waals surface area contributed by atoms with Gasteiger partial charge in [0.15, 0.2) is 0 Å². The molecule has 0 unspecified atom stereocenters. The summed E-state index contributed by atoms with van der Waals surface area (Å²) in [5.41, 5.74) is 2.83. The number of thioether (sulfide) groups is 2. The monoisotopic (exact) mass is 438 g/mol. The average molecular weight is 438 g/mol. The van der Waals surface area contributed by atoms with Gasteiger partial charge in [-0.25, -0.2) is 9.59 Å². The number of carbonyl (C=O) groups excluding carboxylic acids is 2. The van der Waals surface area contributed by atoms with Gasteiger partial charge in [-0.3, -0.25) is 9.59 Å². The molecule has 30 heavy (non-hydrogen) atoms. The van der Waals surface area contributed by atoms with Gasteiger partial charge >= 0.3 is 11.4 Å². The van der Waals surface area contributed by atoms with Gasteiger partial charge < -0.3 is 30.6 Å². The first-order chi connectivity index (χ1) is 14.4. The molecule has 10 nitrogen and oxygen atoms in total. The molecule has 0 saturated carbocycles. The van der Waals surface area contributed by atoms with E-state index in [1.54, 1.807) is 24.3 Å². The number of imidazole rings is 2. The van der Waals surface area contributed by atoms with Crippen LogP contribution in [0.15, 0.2) is 53.5 Å². The zero-order chi connectivity index (χ0) is 20.6. The minimum atomic E-state index is -0.401. The summed E-state index contributed by atoms with van der Waals surface area (Å²) >= 11 is 2.34. The molecule has 2 aliphatic rings. The number of amides is 2. The third-order valence-electron chi connectivity index (χ3n) is 4.77. The van der Waals surface area contributed by atoms with Crippen LogP contribution < -0.4 is 22.0 Å². The summed E-state index contributed by atoms with van der Waals surface area (Å²) < 4.78 is 0. The highest BCUT2D eigenvalue weighted by Crippen LogP contribution is 2.47. The van der Waals surface area contributed by atoms with Crippen molar-refractivity contribution >= 4 is 68.8 Å². The van der Waals surface area contributed by atoms with E-state index in [1.165, 1.54) is 23.5 Å². The number of nitrogens with one attached hydrogen (secondary N) is 6. The van der Waals surface area contributed by atoms with Crippen molar-refractivity contribution in [2.45, 2.75) is 9.79 Å². The lowest BCUT2D eigenvalue weighted by molar-refractivity contribution is -0.114. The summed E-state index contributed by atoms with van der Waals surface area (Å²) in [4.78, 5) is 61.2. The first-order valence-corrected chi connectivity index (χ1v) is 10.3. The number of carbonyl (C=O) groups is 2. The highest BCUT2D eigenvalue weighted by molar-refractivity contribution is 8.08. The van der Waals surface area contributed by atoms with Crippen LogP contribution in [0.1, 0.15) is 0 Å². The zero-order valence-electron chi connectivity index (χ0n) is 14.8. The molecule has 0 atom stereocenters. The van der Waals surface area contributed by atoms with Crippen LogP contribution in [0.25, 0.3) is 22.1 Å². The molecule has 4 aromatic rings. The fourth-order valence-corrected chi connectivity index (χ4v) is 5.60. The largest absolute Gasteiger partial charge is 0.323 e. The van der Waals surface area contributed by atoms with E-state index in [0.717, 1.165) is 0 Å². The third-order valence-corrected chi connectivity index (χ3v) is 7.20. The summed E-state index contributed by atoms with van der Waals surface area (Å²) in [5, 5.41) is 5.57. The Hall–Kier alpha value is -3.64. The number of hydrogen-bond donors (Lipinski definition) is 6. The van der Waals surface area contributed by atoms with Crippen molar-refractivity contribution in [1.29, 1.82) is 0 Å². The number of benzene rings is 2. The van der Waals surface area contributed by atoms with E-state index in [9.17, 15) is 19.2 Å². The first kappa shape index (κ1) is 17.2. The predicted octanol–water partition coefficient (Wildman–Crippen LogP) is 2.03. The zero-order valence-corrected chi connectivity index (χ0v) is 16.4. The Kier molecular flexibility index (Phi) is 3.41. The molecule has 2 amide bonds. The van der Waals surface area contributed by atoms with Gasteiger partial charge in [-0.15, -0.1) is 0 Å².